The van der Waals surface area contributed by atoms with Crippen LogP contribution in [-0.2, 0) is 9.84 Å². The molecule has 3 nitrogen and oxygen atoms in total. The maximum Gasteiger partial charge on any atom is 0.150 e. The van der Waals surface area contributed by atoms with Crippen molar-refractivity contribution in [2.24, 2.45) is 0 Å². The summed E-state index contributed by atoms with van der Waals surface area (Å²) in [7, 11) is -2.88. The molecule has 0 saturated heterocycles. The summed E-state index contributed by atoms with van der Waals surface area (Å²) < 4.78 is 23.1. The predicted octanol–water partition coefficient (Wildman–Crippen LogP) is 3.51. The molecule has 0 heterocycles. The number of hydrogen-bond acceptors (Lipinski definition) is 3. The minimum Gasteiger partial charge on any atom is -0.310 e. The molecule has 0 spiro atoms. The van der Waals surface area contributed by atoms with Crippen LogP contribution in [0, 0.1) is 6.92 Å². The number of aryl methyl sites for hydroxylation is 1. The molecule has 1 atom stereocenters. The molecule has 0 aliphatic rings. The lowest BCUT2D eigenvalue weighted by atomic mass is 10.0. The van der Waals surface area contributed by atoms with Crippen molar-refractivity contribution in [3.63, 3.8) is 0 Å². The molecule has 5 heteroatoms. The second-order valence-corrected chi connectivity index (χ2v) is 7.88. The highest BCUT2D eigenvalue weighted by atomic mass is 35.5. The normalized spacial score (nSPS) is 13.4. The first-order chi connectivity index (χ1) is 9.39. The van der Waals surface area contributed by atoms with Gasteiger partial charge >= 0.3 is 0 Å². The predicted molar refractivity (Wildman–Crippen MR) is 86.2 cm³/mol. The smallest absolute Gasteiger partial charge is 0.150 e. The highest BCUT2D eigenvalue weighted by Crippen LogP contribution is 2.24. The zero-order valence-corrected chi connectivity index (χ0v) is 14.0. The summed E-state index contributed by atoms with van der Waals surface area (Å²) in [5.74, 6) is 0.472. The molecule has 1 aromatic carbocycles. The van der Waals surface area contributed by atoms with Crippen LogP contribution in [0.1, 0.15) is 43.9 Å². The summed E-state index contributed by atoms with van der Waals surface area (Å²) >= 11 is 6.16. The number of hydrogen-bond donors (Lipinski definition) is 1. The zero-order valence-electron chi connectivity index (χ0n) is 12.4. The highest BCUT2D eigenvalue weighted by Gasteiger charge is 2.14. The fourth-order valence-electron chi connectivity index (χ4n) is 2.11. The van der Waals surface area contributed by atoms with Gasteiger partial charge in [-0.05, 0) is 43.5 Å². The SMILES string of the molecule is CCNC(CCCS(=O)(=O)CC)c1ccc(C)c(Cl)c1. The fourth-order valence-corrected chi connectivity index (χ4v) is 3.19. The Morgan fingerprint density at radius 1 is 1.30 bits per heavy atom. The van der Waals surface area contributed by atoms with Crippen LogP contribution in [-0.4, -0.2) is 26.5 Å². The molecular weight excluding hydrogens is 294 g/mol. The van der Waals surface area contributed by atoms with Crippen LogP contribution in [0.25, 0.3) is 0 Å². The number of halogens is 1. The summed E-state index contributed by atoms with van der Waals surface area (Å²) in [5.41, 5.74) is 2.18. The van der Waals surface area contributed by atoms with Crippen molar-refractivity contribution in [1.82, 2.24) is 5.32 Å². The first-order valence-corrected chi connectivity index (χ1v) is 9.29. The van der Waals surface area contributed by atoms with Gasteiger partial charge in [0.1, 0.15) is 9.84 Å². The minimum absolute atomic E-state index is 0.158. The van der Waals surface area contributed by atoms with Crippen molar-refractivity contribution < 1.29 is 8.42 Å². The summed E-state index contributed by atoms with van der Waals surface area (Å²) in [6.07, 6.45) is 1.46. The molecule has 0 aromatic heterocycles. The van der Waals surface area contributed by atoms with Crippen molar-refractivity contribution in [3.05, 3.63) is 34.3 Å². The Morgan fingerprint density at radius 2 is 2.00 bits per heavy atom. The van der Waals surface area contributed by atoms with Crippen LogP contribution in [0.3, 0.4) is 0 Å². The van der Waals surface area contributed by atoms with Gasteiger partial charge in [0.15, 0.2) is 0 Å². The number of rotatable bonds is 8. The van der Waals surface area contributed by atoms with Gasteiger partial charge in [-0.3, -0.25) is 0 Å². The Labute approximate surface area is 127 Å². The number of benzene rings is 1. The Kier molecular flexibility index (Phi) is 7.00. The molecule has 1 unspecified atom stereocenters. The molecule has 0 bridgehead atoms. The molecule has 0 fully saturated rings. The standard InChI is InChI=1S/C15H24ClNO2S/c1-4-17-15(7-6-10-20(18,19)5-2)13-9-8-12(3)14(16)11-13/h8-9,11,15,17H,4-7,10H2,1-3H3. The molecule has 0 amide bonds. The van der Waals surface area contributed by atoms with Crippen LogP contribution in [0.15, 0.2) is 18.2 Å². The molecule has 1 rings (SSSR count). The Hall–Kier alpha value is -0.580. The van der Waals surface area contributed by atoms with E-state index in [1.807, 2.05) is 26.0 Å². The van der Waals surface area contributed by atoms with Gasteiger partial charge in [0.25, 0.3) is 0 Å². The molecule has 1 aromatic rings. The topological polar surface area (TPSA) is 46.2 Å². The second-order valence-electron chi connectivity index (χ2n) is 5.00. The largest absolute Gasteiger partial charge is 0.310 e. The van der Waals surface area contributed by atoms with E-state index in [2.05, 4.69) is 11.4 Å². The van der Waals surface area contributed by atoms with Crippen molar-refractivity contribution in [2.45, 2.75) is 39.7 Å². The average Bonchev–Trinajstić information content (AvgIpc) is 2.41. The van der Waals surface area contributed by atoms with Gasteiger partial charge in [0.05, 0.1) is 5.75 Å². The Bertz CT molecular complexity index is 529. The molecule has 0 radical (unpaired) electrons. The molecule has 1 N–H and O–H groups in total. The molecule has 0 aliphatic carbocycles. The van der Waals surface area contributed by atoms with Crippen LogP contribution >= 0.6 is 11.6 Å². The Balaban J connectivity index is 2.71. The van der Waals surface area contributed by atoms with Crippen LogP contribution in [0.5, 0.6) is 0 Å². The molecule has 20 heavy (non-hydrogen) atoms. The van der Waals surface area contributed by atoms with E-state index in [1.54, 1.807) is 6.92 Å². The first-order valence-electron chi connectivity index (χ1n) is 7.09. The van der Waals surface area contributed by atoms with Crippen molar-refractivity contribution in [1.29, 1.82) is 0 Å². The first kappa shape index (κ1) is 17.5. The van der Waals surface area contributed by atoms with E-state index >= 15 is 0 Å². The fraction of sp³-hybridized carbons (Fsp3) is 0.600. The molecular formula is C15H24ClNO2S. The van der Waals surface area contributed by atoms with Crippen molar-refractivity contribution in [3.8, 4) is 0 Å². The van der Waals surface area contributed by atoms with E-state index in [4.69, 9.17) is 11.6 Å². The van der Waals surface area contributed by atoms with Gasteiger partial charge in [-0.25, -0.2) is 8.42 Å². The molecule has 114 valence electrons. The van der Waals surface area contributed by atoms with E-state index in [0.29, 0.717) is 6.42 Å². The summed E-state index contributed by atoms with van der Waals surface area (Å²) in [5, 5.41) is 4.15. The molecule has 0 saturated carbocycles. The maximum absolute atomic E-state index is 11.5. The van der Waals surface area contributed by atoms with Gasteiger partial charge in [-0.1, -0.05) is 37.6 Å². The van der Waals surface area contributed by atoms with E-state index in [1.165, 1.54) is 0 Å². The van der Waals surface area contributed by atoms with E-state index in [-0.39, 0.29) is 17.5 Å². The van der Waals surface area contributed by atoms with Gasteiger partial charge in [0, 0.05) is 16.8 Å². The van der Waals surface area contributed by atoms with Crippen molar-refractivity contribution in [2.75, 3.05) is 18.1 Å². The van der Waals surface area contributed by atoms with Gasteiger partial charge in [-0.2, -0.15) is 0 Å². The average molecular weight is 318 g/mol. The number of sulfone groups is 1. The number of nitrogens with one attached hydrogen (secondary N) is 1. The maximum atomic E-state index is 11.5. The van der Waals surface area contributed by atoms with E-state index in [0.717, 1.165) is 29.1 Å². The van der Waals surface area contributed by atoms with E-state index < -0.39 is 9.84 Å². The summed E-state index contributed by atoms with van der Waals surface area (Å²) in [4.78, 5) is 0. The van der Waals surface area contributed by atoms with Crippen LogP contribution in [0.4, 0.5) is 0 Å². The summed E-state index contributed by atoms with van der Waals surface area (Å²) in [6.45, 7) is 6.56. The van der Waals surface area contributed by atoms with Gasteiger partial charge in [0.2, 0.25) is 0 Å². The second kappa shape index (κ2) is 8.01. The third-order valence-corrected chi connectivity index (χ3v) is 5.63. The quantitative estimate of drug-likeness (QED) is 0.798. The lowest BCUT2D eigenvalue weighted by Crippen LogP contribution is -2.22. The van der Waals surface area contributed by atoms with E-state index in [9.17, 15) is 8.42 Å². The Morgan fingerprint density at radius 3 is 2.55 bits per heavy atom. The third-order valence-electron chi connectivity index (χ3n) is 3.44. The monoisotopic (exact) mass is 317 g/mol. The van der Waals surface area contributed by atoms with Gasteiger partial charge in [-0.15, -0.1) is 0 Å². The van der Waals surface area contributed by atoms with Gasteiger partial charge < -0.3 is 5.32 Å². The zero-order chi connectivity index (χ0) is 15.2. The van der Waals surface area contributed by atoms with Crippen LogP contribution < -0.4 is 5.32 Å². The lowest BCUT2D eigenvalue weighted by Gasteiger charge is -2.19. The summed E-state index contributed by atoms with van der Waals surface area (Å²) in [6, 6.07) is 6.19. The lowest BCUT2D eigenvalue weighted by molar-refractivity contribution is 0.506. The van der Waals surface area contributed by atoms with Crippen molar-refractivity contribution >= 4 is 21.4 Å². The molecule has 0 aliphatic heterocycles. The minimum atomic E-state index is -2.88. The highest BCUT2D eigenvalue weighted by molar-refractivity contribution is 7.91. The third kappa shape index (κ3) is 5.43. The van der Waals surface area contributed by atoms with Crippen LogP contribution in [0.2, 0.25) is 5.02 Å².